The van der Waals surface area contributed by atoms with Gasteiger partial charge in [0.15, 0.2) is 0 Å². The first kappa shape index (κ1) is 13.5. The predicted octanol–water partition coefficient (Wildman–Crippen LogP) is 2.59. The third-order valence-corrected chi connectivity index (χ3v) is 3.24. The summed E-state index contributed by atoms with van der Waals surface area (Å²) in [5, 5.41) is 0. The molecule has 1 aliphatic heterocycles. The summed E-state index contributed by atoms with van der Waals surface area (Å²) in [7, 11) is 0. The van der Waals surface area contributed by atoms with Crippen LogP contribution in [0.3, 0.4) is 0 Å². The number of nitrogens with zero attached hydrogens (tertiary/aromatic N) is 1. The van der Waals surface area contributed by atoms with E-state index >= 15 is 0 Å². The van der Waals surface area contributed by atoms with E-state index in [1.165, 1.54) is 19.3 Å². The van der Waals surface area contributed by atoms with Gasteiger partial charge < -0.3 is 4.74 Å². The second-order valence-corrected chi connectivity index (χ2v) is 4.55. The summed E-state index contributed by atoms with van der Waals surface area (Å²) in [5.74, 6) is -0.0356. The molecule has 0 aromatic carbocycles. The van der Waals surface area contributed by atoms with E-state index in [-0.39, 0.29) is 5.97 Å². The number of carbonyl (C=O) groups excluding carboxylic acids is 1. The van der Waals surface area contributed by atoms with Crippen molar-refractivity contribution in [3.63, 3.8) is 0 Å². The Bertz CT molecular complexity index is 200. The van der Waals surface area contributed by atoms with Gasteiger partial charge in [0.1, 0.15) is 0 Å². The van der Waals surface area contributed by atoms with Crippen LogP contribution >= 0.6 is 0 Å². The molecule has 3 heteroatoms. The van der Waals surface area contributed by atoms with Crippen molar-refractivity contribution >= 4 is 5.97 Å². The molecule has 16 heavy (non-hydrogen) atoms. The topological polar surface area (TPSA) is 29.5 Å². The fourth-order valence-electron chi connectivity index (χ4n) is 2.44. The zero-order valence-electron chi connectivity index (χ0n) is 10.7. The van der Waals surface area contributed by atoms with Crippen molar-refractivity contribution in [1.82, 2.24) is 4.90 Å². The Hall–Kier alpha value is -0.570. The SMILES string of the molecule is CCCC(CC(=O)OCC)N1CCCCC1. The molecule has 0 spiro atoms. The van der Waals surface area contributed by atoms with E-state index in [9.17, 15) is 4.79 Å². The summed E-state index contributed by atoms with van der Waals surface area (Å²) >= 11 is 0. The van der Waals surface area contributed by atoms with Crippen LogP contribution < -0.4 is 0 Å². The average Bonchev–Trinajstić information content (AvgIpc) is 2.30. The molecule has 3 nitrogen and oxygen atoms in total. The van der Waals surface area contributed by atoms with Crippen molar-refractivity contribution in [2.24, 2.45) is 0 Å². The molecule has 1 rings (SSSR count). The summed E-state index contributed by atoms with van der Waals surface area (Å²) in [6.07, 6.45) is 6.72. The van der Waals surface area contributed by atoms with Crippen molar-refractivity contribution in [2.45, 2.75) is 58.4 Å². The van der Waals surface area contributed by atoms with Crippen LogP contribution in [0.5, 0.6) is 0 Å². The smallest absolute Gasteiger partial charge is 0.307 e. The van der Waals surface area contributed by atoms with Crippen LogP contribution in [0.4, 0.5) is 0 Å². The van der Waals surface area contributed by atoms with Gasteiger partial charge in [-0.3, -0.25) is 9.69 Å². The van der Waals surface area contributed by atoms with Gasteiger partial charge in [0, 0.05) is 6.04 Å². The van der Waals surface area contributed by atoms with E-state index in [2.05, 4.69) is 11.8 Å². The Kier molecular flexibility index (Phi) is 6.46. The fraction of sp³-hybridized carbons (Fsp3) is 0.923. The minimum atomic E-state index is -0.0356. The van der Waals surface area contributed by atoms with Crippen LogP contribution in [-0.2, 0) is 9.53 Å². The lowest BCUT2D eigenvalue weighted by molar-refractivity contribution is -0.144. The molecule has 1 atom stereocenters. The lowest BCUT2D eigenvalue weighted by Gasteiger charge is -2.34. The van der Waals surface area contributed by atoms with Crippen LogP contribution in [0.2, 0.25) is 0 Å². The van der Waals surface area contributed by atoms with Gasteiger partial charge in [0.05, 0.1) is 13.0 Å². The van der Waals surface area contributed by atoms with Crippen molar-refractivity contribution in [1.29, 1.82) is 0 Å². The zero-order valence-corrected chi connectivity index (χ0v) is 10.7. The summed E-state index contributed by atoms with van der Waals surface area (Å²) in [6.45, 7) is 6.86. The van der Waals surface area contributed by atoms with Crippen LogP contribution in [0.1, 0.15) is 52.4 Å². The number of hydrogen-bond donors (Lipinski definition) is 0. The molecular weight excluding hydrogens is 202 g/mol. The highest BCUT2D eigenvalue weighted by atomic mass is 16.5. The molecular formula is C13H25NO2. The largest absolute Gasteiger partial charge is 0.466 e. The van der Waals surface area contributed by atoms with Crippen LogP contribution in [0.15, 0.2) is 0 Å². The minimum absolute atomic E-state index is 0.0356. The van der Waals surface area contributed by atoms with Gasteiger partial charge in [-0.2, -0.15) is 0 Å². The standard InChI is InChI=1S/C13H25NO2/c1-3-8-12(11-13(15)16-4-2)14-9-6-5-7-10-14/h12H,3-11H2,1-2H3. The lowest BCUT2D eigenvalue weighted by atomic mass is 10.0. The quantitative estimate of drug-likeness (QED) is 0.653. The molecule has 0 amide bonds. The molecule has 1 unspecified atom stereocenters. The molecule has 0 radical (unpaired) electrons. The maximum atomic E-state index is 11.5. The van der Waals surface area contributed by atoms with Crippen LogP contribution in [0.25, 0.3) is 0 Å². The molecule has 0 aromatic rings. The number of ether oxygens (including phenoxy) is 1. The summed E-state index contributed by atoms with van der Waals surface area (Å²) in [6, 6.07) is 0.407. The summed E-state index contributed by atoms with van der Waals surface area (Å²) in [5.41, 5.74) is 0. The number of likely N-dealkylation sites (tertiary alicyclic amines) is 1. The maximum Gasteiger partial charge on any atom is 0.307 e. The monoisotopic (exact) mass is 227 g/mol. The number of rotatable bonds is 6. The lowest BCUT2D eigenvalue weighted by Crippen LogP contribution is -2.40. The molecule has 94 valence electrons. The van der Waals surface area contributed by atoms with Gasteiger partial charge in [-0.25, -0.2) is 0 Å². The van der Waals surface area contributed by atoms with E-state index in [0.29, 0.717) is 19.1 Å². The highest BCUT2D eigenvalue weighted by Gasteiger charge is 2.22. The second-order valence-electron chi connectivity index (χ2n) is 4.55. The van der Waals surface area contributed by atoms with Crippen molar-refractivity contribution < 1.29 is 9.53 Å². The molecule has 0 bridgehead atoms. The first-order chi connectivity index (χ1) is 7.77. The molecule has 1 aliphatic rings. The van der Waals surface area contributed by atoms with Gasteiger partial charge in [0.2, 0.25) is 0 Å². The Balaban J connectivity index is 2.41. The van der Waals surface area contributed by atoms with Crippen molar-refractivity contribution in [3.8, 4) is 0 Å². The highest BCUT2D eigenvalue weighted by Crippen LogP contribution is 2.18. The number of esters is 1. The third-order valence-electron chi connectivity index (χ3n) is 3.24. The molecule has 1 heterocycles. The minimum Gasteiger partial charge on any atom is -0.466 e. The van der Waals surface area contributed by atoms with Gasteiger partial charge in [-0.15, -0.1) is 0 Å². The third kappa shape index (κ3) is 4.52. The summed E-state index contributed by atoms with van der Waals surface area (Å²) in [4.78, 5) is 14.0. The van der Waals surface area contributed by atoms with Gasteiger partial charge in [0.25, 0.3) is 0 Å². The second kappa shape index (κ2) is 7.66. The van der Waals surface area contributed by atoms with Gasteiger partial charge in [-0.1, -0.05) is 19.8 Å². The highest BCUT2D eigenvalue weighted by molar-refractivity contribution is 5.70. The number of carbonyl (C=O) groups is 1. The maximum absolute atomic E-state index is 11.5. The van der Waals surface area contributed by atoms with E-state index in [4.69, 9.17) is 4.74 Å². The van der Waals surface area contributed by atoms with Crippen molar-refractivity contribution in [3.05, 3.63) is 0 Å². The van der Waals surface area contributed by atoms with E-state index in [1.807, 2.05) is 6.92 Å². The number of hydrogen-bond acceptors (Lipinski definition) is 3. The Labute approximate surface area is 99.1 Å². The number of piperidine rings is 1. The fourth-order valence-corrected chi connectivity index (χ4v) is 2.44. The molecule has 1 saturated heterocycles. The van der Waals surface area contributed by atoms with Crippen LogP contribution in [0, 0.1) is 0 Å². The molecule has 1 fully saturated rings. The molecule has 0 saturated carbocycles. The summed E-state index contributed by atoms with van der Waals surface area (Å²) < 4.78 is 5.04. The van der Waals surface area contributed by atoms with Gasteiger partial charge in [-0.05, 0) is 39.3 Å². The molecule has 0 N–H and O–H groups in total. The zero-order chi connectivity index (χ0) is 11.8. The van der Waals surface area contributed by atoms with Crippen molar-refractivity contribution in [2.75, 3.05) is 19.7 Å². The Morgan fingerprint density at radius 2 is 1.94 bits per heavy atom. The van der Waals surface area contributed by atoms with Crippen LogP contribution in [-0.4, -0.2) is 36.6 Å². The van der Waals surface area contributed by atoms with Gasteiger partial charge >= 0.3 is 5.97 Å². The normalized spacial score (nSPS) is 19.4. The first-order valence-corrected chi connectivity index (χ1v) is 6.67. The Morgan fingerprint density at radius 1 is 1.25 bits per heavy atom. The average molecular weight is 227 g/mol. The van der Waals surface area contributed by atoms with E-state index in [0.717, 1.165) is 25.9 Å². The molecule has 0 aliphatic carbocycles. The Morgan fingerprint density at radius 3 is 2.50 bits per heavy atom. The van der Waals surface area contributed by atoms with E-state index in [1.54, 1.807) is 0 Å². The predicted molar refractivity (Wildman–Crippen MR) is 65.4 cm³/mol. The first-order valence-electron chi connectivity index (χ1n) is 6.67. The van der Waals surface area contributed by atoms with E-state index < -0.39 is 0 Å². The molecule has 0 aromatic heterocycles.